The highest BCUT2D eigenvalue weighted by Crippen LogP contribution is 2.29. The smallest absolute Gasteiger partial charge is 0.329 e. The van der Waals surface area contributed by atoms with Crippen LogP contribution in [-0.2, 0) is 37.2 Å². The van der Waals surface area contributed by atoms with Crippen molar-refractivity contribution in [2.24, 2.45) is 0 Å². The van der Waals surface area contributed by atoms with Crippen LogP contribution in [0.1, 0.15) is 31.4 Å². The van der Waals surface area contributed by atoms with Crippen LogP contribution in [0.2, 0.25) is 0 Å². The fraction of sp³-hybridized carbons (Fsp3) is 0.440. The molecule has 1 saturated heterocycles. The average Bonchev–Trinajstić information content (AvgIpc) is 3.51. The van der Waals surface area contributed by atoms with Gasteiger partial charge in [0.2, 0.25) is 5.91 Å². The number of carbonyl (C=O) groups excluding carboxylic acids is 2. The first-order valence-electron chi connectivity index (χ1n) is 12.3. The van der Waals surface area contributed by atoms with Crippen molar-refractivity contribution in [3.63, 3.8) is 0 Å². The molecule has 13 heteroatoms. The van der Waals surface area contributed by atoms with Gasteiger partial charge in [0.1, 0.15) is 17.9 Å². The van der Waals surface area contributed by atoms with Crippen molar-refractivity contribution in [2.75, 3.05) is 37.9 Å². The van der Waals surface area contributed by atoms with E-state index in [1.807, 2.05) is 25.1 Å². The van der Waals surface area contributed by atoms with Gasteiger partial charge in [0.15, 0.2) is 9.34 Å². The predicted molar refractivity (Wildman–Crippen MR) is 147 cm³/mol. The number of thiazole rings is 1. The number of esters is 1. The number of likely N-dealkylation sites (tertiary alicyclic amines) is 1. The Hall–Kier alpha value is -3.29. The molecule has 3 aromatic rings. The molecule has 0 aliphatic carbocycles. The highest BCUT2D eigenvalue weighted by atomic mass is 32.2. The zero-order valence-electron chi connectivity index (χ0n) is 21.8. The normalized spacial score (nSPS) is 16.7. The summed E-state index contributed by atoms with van der Waals surface area (Å²) >= 11 is 1.01. The Bertz CT molecular complexity index is 1460. The number of nitrogens with zero attached hydrogens (tertiary/aromatic N) is 4. The number of aromatic nitrogens is 2. The van der Waals surface area contributed by atoms with Crippen molar-refractivity contribution in [3.8, 4) is 0 Å². The molecular formula is C25H32N6O5S2. The number of rotatable bonds is 10. The maximum atomic E-state index is 13.4. The second kappa shape index (κ2) is 11.2. The molecule has 0 radical (unpaired) electrons. The van der Waals surface area contributed by atoms with E-state index in [4.69, 9.17) is 10.5 Å². The Morgan fingerprint density at radius 1 is 1.29 bits per heavy atom. The highest BCUT2D eigenvalue weighted by molar-refractivity contribution is 7.91. The zero-order valence-corrected chi connectivity index (χ0v) is 23.4. The predicted octanol–water partition coefficient (Wildman–Crippen LogP) is 1.96. The SMILES string of the molecule is CCOC(=O)C(Cc1cc2ccnc(N)c2cc1CC)N1CCC(NS(=O)(=O)c2cnc(N(C)C)s2)C1=O. The van der Waals surface area contributed by atoms with Crippen molar-refractivity contribution in [3.05, 3.63) is 41.7 Å². The van der Waals surface area contributed by atoms with Crippen LogP contribution in [-0.4, -0.2) is 74.5 Å². The van der Waals surface area contributed by atoms with Crippen LogP contribution in [0.15, 0.2) is 34.8 Å². The van der Waals surface area contributed by atoms with Gasteiger partial charge in [-0.15, -0.1) is 0 Å². The van der Waals surface area contributed by atoms with Gasteiger partial charge in [-0.3, -0.25) is 4.79 Å². The largest absolute Gasteiger partial charge is 0.464 e. The van der Waals surface area contributed by atoms with Gasteiger partial charge in [-0.1, -0.05) is 24.3 Å². The number of pyridine rings is 1. The van der Waals surface area contributed by atoms with E-state index in [2.05, 4.69) is 14.7 Å². The molecule has 38 heavy (non-hydrogen) atoms. The molecule has 1 amide bonds. The van der Waals surface area contributed by atoms with Crippen LogP contribution in [0.3, 0.4) is 0 Å². The third-order valence-electron chi connectivity index (χ3n) is 6.50. The Morgan fingerprint density at radius 2 is 2.05 bits per heavy atom. The van der Waals surface area contributed by atoms with E-state index in [1.54, 1.807) is 32.1 Å². The lowest BCUT2D eigenvalue weighted by atomic mass is 9.94. The quantitative estimate of drug-likeness (QED) is 0.355. The van der Waals surface area contributed by atoms with Gasteiger partial charge in [-0.05, 0) is 48.4 Å². The van der Waals surface area contributed by atoms with Crippen molar-refractivity contribution >= 4 is 55.0 Å². The molecular weight excluding hydrogens is 528 g/mol. The summed E-state index contributed by atoms with van der Waals surface area (Å²) < 4.78 is 33.8. The number of nitrogen functional groups attached to an aromatic ring is 1. The summed E-state index contributed by atoms with van der Waals surface area (Å²) in [5.41, 5.74) is 7.93. The minimum absolute atomic E-state index is 0.0203. The maximum Gasteiger partial charge on any atom is 0.329 e. The van der Waals surface area contributed by atoms with E-state index in [9.17, 15) is 18.0 Å². The van der Waals surface area contributed by atoms with E-state index >= 15 is 0 Å². The van der Waals surface area contributed by atoms with Crippen LogP contribution >= 0.6 is 11.3 Å². The highest BCUT2D eigenvalue weighted by Gasteiger charge is 2.42. The number of sulfonamides is 1. The van der Waals surface area contributed by atoms with E-state index < -0.39 is 34.0 Å². The molecule has 0 bridgehead atoms. The summed E-state index contributed by atoms with van der Waals surface area (Å²) in [6, 6.07) is 3.89. The Kier molecular flexibility index (Phi) is 8.19. The van der Waals surface area contributed by atoms with E-state index in [0.29, 0.717) is 17.4 Å². The van der Waals surface area contributed by atoms with Gasteiger partial charge >= 0.3 is 5.97 Å². The third-order valence-corrected chi connectivity index (χ3v) is 9.60. The molecule has 1 aliphatic rings. The maximum absolute atomic E-state index is 13.4. The number of amides is 1. The number of nitrogens with one attached hydrogen (secondary N) is 1. The molecule has 0 saturated carbocycles. The zero-order chi connectivity index (χ0) is 27.6. The van der Waals surface area contributed by atoms with Gasteiger partial charge in [-0.2, -0.15) is 4.72 Å². The van der Waals surface area contributed by atoms with Crippen LogP contribution in [0, 0.1) is 0 Å². The van der Waals surface area contributed by atoms with E-state index in [1.165, 1.54) is 11.1 Å². The number of nitrogens with two attached hydrogens (primary N) is 1. The molecule has 1 aromatic carbocycles. The molecule has 3 heterocycles. The monoisotopic (exact) mass is 560 g/mol. The molecule has 2 unspecified atom stereocenters. The molecule has 2 aromatic heterocycles. The first-order valence-corrected chi connectivity index (χ1v) is 14.6. The number of hydrogen-bond donors (Lipinski definition) is 2. The molecule has 0 spiro atoms. The first-order chi connectivity index (χ1) is 18.1. The lowest BCUT2D eigenvalue weighted by Crippen LogP contribution is -2.48. The van der Waals surface area contributed by atoms with Gasteiger partial charge in [0, 0.05) is 38.6 Å². The van der Waals surface area contributed by atoms with Crippen molar-refractivity contribution in [1.82, 2.24) is 19.6 Å². The summed E-state index contributed by atoms with van der Waals surface area (Å²) in [5, 5.41) is 2.24. The molecule has 204 valence electrons. The van der Waals surface area contributed by atoms with E-state index in [-0.39, 0.29) is 30.2 Å². The summed E-state index contributed by atoms with van der Waals surface area (Å²) in [6.07, 6.45) is 4.05. The fourth-order valence-electron chi connectivity index (χ4n) is 4.57. The Labute approximate surface area is 226 Å². The lowest BCUT2D eigenvalue weighted by molar-refractivity contribution is -0.153. The Morgan fingerprint density at radius 3 is 2.71 bits per heavy atom. The second-order valence-electron chi connectivity index (χ2n) is 9.21. The fourth-order valence-corrected chi connectivity index (χ4v) is 6.85. The number of hydrogen-bond acceptors (Lipinski definition) is 10. The summed E-state index contributed by atoms with van der Waals surface area (Å²) in [7, 11) is -0.437. The van der Waals surface area contributed by atoms with Crippen LogP contribution in [0.5, 0.6) is 0 Å². The molecule has 2 atom stereocenters. The van der Waals surface area contributed by atoms with Crippen LogP contribution < -0.4 is 15.4 Å². The molecule has 1 aliphatic heterocycles. The number of benzene rings is 1. The topological polar surface area (TPSA) is 148 Å². The van der Waals surface area contributed by atoms with Crippen molar-refractivity contribution in [2.45, 2.75) is 49.4 Å². The number of aryl methyl sites for hydroxylation is 1. The second-order valence-corrected chi connectivity index (χ2v) is 12.2. The third kappa shape index (κ3) is 5.59. The van der Waals surface area contributed by atoms with Crippen LogP contribution in [0.25, 0.3) is 10.8 Å². The number of ether oxygens (including phenoxy) is 1. The number of anilines is 2. The average molecular weight is 561 g/mol. The summed E-state index contributed by atoms with van der Waals surface area (Å²) in [6.45, 7) is 4.09. The number of fused-ring (bicyclic) bond motifs is 1. The molecule has 4 rings (SSSR count). The van der Waals surface area contributed by atoms with Gasteiger partial charge in [0.25, 0.3) is 10.0 Å². The standard InChI is InChI=1S/C25H32N6O5S2/c1-5-15-12-18-16(7-9-27-22(18)26)11-17(15)13-20(24(33)36-6-2)31-10-8-19(23(31)32)29-38(34,35)21-14-28-25(37-21)30(3)4/h7,9,11-12,14,19-20,29H,5-6,8,10,13H2,1-4H3,(H2,26,27). The number of carbonyl (C=O) groups is 2. The molecule has 11 nitrogen and oxygen atoms in total. The summed E-state index contributed by atoms with van der Waals surface area (Å²) in [4.78, 5) is 37.9. The van der Waals surface area contributed by atoms with Gasteiger partial charge < -0.3 is 20.3 Å². The van der Waals surface area contributed by atoms with Crippen molar-refractivity contribution in [1.29, 1.82) is 0 Å². The summed E-state index contributed by atoms with van der Waals surface area (Å²) in [5.74, 6) is -0.565. The minimum Gasteiger partial charge on any atom is -0.464 e. The van der Waals surface area contributed by atoms with Gasteiger partial charge in [-0.25, -0.2) is 23.2 Å². The first kappa shape index (κ1) is 27.7. The van der Waals surface area contributed by atoms with E-state index in [0.717, 1.165) is 33.2 Å². The lowest BCUT2D eigenvalue weighted by Gasteiger charge is -2.27. The molecule has 1 fully saturated rings. The van der Waals surface area contributed by atoms with Gasteiger partial charge in [0.05, 0.1) is 12.8 Å². The van der Waals surface area contributed by atoms with Crippen molar-refractivity contribution < 1.29 is 22.7 Å². The minimum atomic E-state index is -3.97. The van der Waals surface area contributed by atoms with Crippen LogP contribution in [0.4, 0.5) is 10.9 Å². The Balaban J connectivity index is 1.59. The molecule has 3 N–H and O–H groups in total.